The Kier molecular flexibility index (Phi) is 5.81. The van der Waals surface area contributed by atoms with Gasteiger partial charge in [-0.2, -0.15) is 0 Å². The normalized spacial score (nSPS) is 16.0. The zero-order valence-corrected chi connectivity index (χ0v) is 13.8. The van der Waals surface area contributed by atoms with Gasteiger partial charge in [0.2, 0.25) is 0 Å². The largest absolute Gasteiger partial charge is 0.377 e. The van der Waals surface area contributed by atoms with Gasteiger partial charge in [0, 0.05) is 30.0 Å². The highest BCUT2D eigenvalue weighted by Crippen LogP contribution is 2.21. The Labute approximate surface area is 142 Å². The molecule has 1 aliphatic heterocycles. The van der Waals surface area contributed by atoms with Gasteiger partial charge in [0.05, 0.1) is 13.2 Å². The lowest BCUT2D eigenvalue weighted by molar-refractivity contribution is 0.148. The van der Waals surface area contributed by atoms with Gasteiger partial charge in [-0.3, -0.25) is 4.98 Å². The molecule has 3 nitrogen and oxygen atoms in total. The molecule has 1 unspecified atom stereocenters. The fourth-order valence-corrected chi connectivity index (χ4v) is 2.87. The summed E-state index contributed by atoms with van der Waals surface area (Å²) in [6.45, 7) is 2.40. The van der Waals surface area contributed by atoms with Crippen molar-refractivity contribution in [1.29, 1.82) is 0 Å². The molecule has 3 rings (SSSR count). The zero-order chi connectivity index (χ0) is 15.9. The van der Waals surface area contributed by atoms with Gasteiger partial charge in [0.1, 0.15) is 0 Å². The lowest BCUT2D eigenvalue weighted by Crippen LogP contribution is -2.27. The third-order valence-electron chi connectivity index (χ3n) is 3.99. The number of pyridine rings is 1. The predicted octanol–water partition coefficient (Wildman–Crippen LogP) is 3.96. The fraction of sp³-hybridized carbons (Fsp3) is 0.316. The van der Waals surface area contributed by atoms with Crippen molar-refractivity contribution in [3.05, 3.63) is 76.6 Å². The van der Waals surface area contributed by atoms with Crippen molar-refractivity contribution < 1.29 is 4.74 Å². The van der Waals surface area contributed by atoms with E-state index in [1.54, 1.807) is 6.20 Å². The number of rotatable bonds is 6. The second-order valence-corrected chi connectivity index (χ2v) is 6.19. The summed E-state index contributed by atoms with van der Waals surface area (Å²) >= 11 is 6.02. The van der Waals surface area contributed by atoms with Crippen LogP contribution < -0.4 is 5.32 Å². The maximum atomic E-state index is 6.02. The average molecular weight is 329 g/mol. The van der Waals surface area contributed by atoms with E-state index in [9.17, 15) is 0 Å². The lowest BCUT2D eigenvalue weighted by Gasteiger charge is -2.22. The number of benzene rings is 1. The molecule has 0 aliphatic carbocycles. The Hall–Kier alpha value is -1.68. The molecule has 2 aromatic rings. The number of ether oxygens (including phenoxy) is 1. The SMILES string of the molecule is Clc1ccc(C(Cc2cccnc2)NCC2=CCCOC2)cc1. The Morgan fingerprint density at radius 2 is 2.09 bits per heavy atom. The zero-order valence-electron chi connectivity index (χ0n) is 13.0. The van der Waals surface area contributed by atoms with Gasteiger partial charge in [-0.15, -0.1) is 0 Å². The molecular formula is C19H21ClN2O. The summed E-state index contributed by atoms with van der Waals surface area (Å²) in [5.74, 6) is 0. The summed E-state index contributed by atoms with van der Waals surface area (Å²) in [5, 5.41) is 4.42. The first-order chi connectivity index (χ1) is 11.3. The molecule has 2 heterocycles. The van der Waals surface area contributed by atoms with Crippen LogP contribution >= 0.6 is 11.6 Å². The summed E-state index contributed by atoms with van der Waals surface area (Å²) in [6.07, 6.45) is 7.90. The quantitative estimate of drug-likeness (QED) is 0.815. The highest BCUT2D eigenvalue weighted by Gasteiger charge is 2.13. The second kappa shape index (κ2) is 8.25. The Morgan fingerprint density at radius 1 is 1.22 bits per heavy atom. The van der Waals surface area contributed by atoms with Crippen LogP contribution in [0, 0.1) is 0 Å². The van der Waals surface area contributed by atoms with E-state index >= 15 is 0 Å². The molecule has 120 valence electrons. The van der Waals surface area contributed by atoms with Gasteiger partial charge in [-0.1, -0.05) is 35.9 Å². The summed E-state index contributed by atoms with van der Waals surface area (Å²) in [6, 6.07) is 12.4. The van der Waals surface area contributed by atoms with E-state index in [1.807, 2.05) is 24.4 Å². The van der Waals surface area contributed by atoms with E-state index in [-0.39, 0.29) is 6.04 Å². The summed E-state index contributed by atoms with van der Waals surface area (Å²) in [4.78, 5) is 4.22. The van der Waals surface area contributed by atoms with Gasteiger partial charge < -0.3 is 10.1 Å². The third-order valence-corrected chi connectivity index (χ3v) is 4.25. The molecule has 1 N–H and O–H groups in total. The van der Waals surface area contributed by atoms with Crippen molar-refractivity contribution in [2.45, 2.75) is 18.9 Å². The summed E-state index contributed by atoms with van der Waals surface area (Å²) < 4.78 is 5.52. The van der Waals surface area contributed by atoms with Crippen molar-refractivity contribution in [2.24, 2.45) is 0 Å². The van der Waals surface area contributed by atoms with E-state index in [1.165, 1.54) is 16.7 Å². The first-order valence-corrected chi connectivity index (χ1v) is 8.32. The highest BCUT2D eigenvalue weighted by atomic mass is 35.5. The van der Waals surface area contributed by atoms with Crippen molar-refractivity contribution in [2.75, 3.05) is 19.8 Å². The van der Waals surface area contributed by atoms with Crippen LogP contribution in [-0.2, 0) is 11.2 Å². The molecule has 1 atom stereocenters. The lowest BCUT2D eigenvalue weighted by atomic mass is 9.99. The minimum atomic E-state index is 0.222. The average Bonchev–Trinajstić information content (AvgIpc) is 2.61. The molecule has 0 saturated heterocycles. The minimum Gasteiger partial charge on any atom is -0.377 e. The van der Waals surface area contributed by atoms with Crippen LogP contribution in [0.3, 0.4) is 0 Å². The predicted molar refractivity (Wildman–Crippen MR) is 93.7 cm³/mol. The van der Waals surface area contributed by atoms with Crippen LogP contribution in [0.15, 0.2) is 60.4 Å². The van der Waals surface area contributed by atoms with Crippen LogP contribution in [0.4, 0.5) is 0 Å². The Balaban J connectivity index is 1.72. The van der Waals surface area contributed by atoms with E-state index in [2.05, 4.69) is 34.6 Å². The van der Waals surface area contributed by atoms with Gasteiger partial charge in [-0.25, -0.2) is 0 Å². The smallest absolute Gasteiger partial charge is 0.0689 e. The van der Waals surface area contributed by atoms with Crippen LogP contribution in [0.5, 0.6) is 0 Å². The van der Waals surface area contributed by atoms with Gasteiger partial charge in [0.15, 0.2) is 0 Å². The van der Waals surface area contributed by atoms with Crippen molar-refractivity contribution in [1.82, 2.24) is 10.3 Å². The van der Waals surface area contributed by atoms with Gasteiger partial charge in [-0.05, 0) is 47.7 Å². The molecule has 0 saturated carbocycles. The van der Waals surface area contributed by atoms with Crippen molar-refractivity contribution in [3.63, 3.8) is 0 Å². The number of aromatic nitrogens is 1. The minimum absolute atomic E-state index is 0.222. The van der Waals surface area contributed by atoms with Crippen LogP contribution in [0.2, 0.25) is 5.02 Å². The number of halogens is 1. The molecule has 0 bridgehead atoms. The summed E-state index contributed by atoms with van der Waals surface area (Å²) in [5.41, 5.74) is 3.77. The van der Waals surface area contributed by atoms with E-state index in [0.717, 1.165) is 37.6 Å². The maximum absolute atomic E-state index is 6.02. The first kappa shape index (κ1) is 16.2. The number of nitrogens with zero attached hydrogens (tertiary/aromatic N) is 1. The molecule has 0 amide bonds. The second-order valence-electron chi connectivity index (χ2n) is 5.75. The van der Waals surface area contributed by atoms with Crippen LogP contribution in [0.1, 0.15) is 23.6 Å². The standard InChI is InChI=1S/C19H21ClN2O/c20-18-7-5-17(6-8-18)19(11-15-3-1-9-21-12-15)22-13-16-4-2-10-23-14-16/h1,3-9,12,19,22H,2,10-11,13-14H2. The molecule has 0 radical (unpaired) electrons. The molecule has 1 aliphatic rings. The fourth-order valence-electron chi connectivity index (χ4n) is 2.74. The monoisotopic (exact) mass is 328 g/mol. The summed E-state index contributed by atoms with van der Waals surface area (Å²) in [7, 11) is 0. The highest BCUT2D eigenvalue weighted by molar-refractivity contribution is 6.30. The maximum Gasteiger partial charge on any atom is 0.0689 e. The molecule has 1 aromatic heterocycles. The number of hydrogen-bond acceptors (Lipinski definition) is 3. The molecule has 0 fully saturated rings. The molecule has 1 aromatic carbocycles. The van der Waals surface area contributed by atoms with Crippen LogP contribution in [-0.4, -0.2) is 24.7 Å². The first-order valence-electron chi connectivity index (χ1n) is 7.94. The van der Waals surface area contributed by atoms with E-state index < -0.39 is 0 Å². The Bertz CT molecular complexity index is 640. The third kappa shape index (κ3) is 4.90. The number of hydrogen-bond donors (Lipinski definition) is 1. The Morgan fingerprint density at radius 3 is 2.78 bits per heavy atom. The molecule has 23 heavy (non-hydrogen) atoms. The molecular weight excluding hydrogens is 308 g/mol. The molecule has 0 spiro atoms. The van der Waals surface area contributed by atoms with Crippen molar-refractivity contribution >= 4 is 11.6 Å². The molecule has 4 heteroatoms. The number of nitrogens with one attached hydrogen (secondary N) is 1. The van der Waals surface area contributed by atoms with Gasteiger partial charge in [0.25, 0.3) is 0 Å². The van der Waals surface area contributed by atoms with E-state index in [0.29, 0.717) is 0 Å². The van der Waals surface area contributed by atoms with Crippen LogP contribution in [0.25, 0.3) is 0 Å². The van der Waals surface area contributed by atoms with E-state index in [4.69, 9.17) is 16.3 Å². The van der Waals surface area contributed by atoms with Gasteiger partial charge >= 0.3 is 0 Å². The van der Waals surface area contributed by atoms with Crippen molar-refractivity contribution in [3.8, 4) is 0 Å². The topological polar surface area (TPSA) is 34.2 Å².